The van der Waals surface area contributed by atoms with Crippen molar-refractivity contribution < 1.29 is 4.79 Å². The van der Waals surface area contributed by atoms with Crippen molar-refractivity contribution >= 4 is 22.6 Å². The number of carbonyl (C=O) groups excluding carboxylic acids is 1. The second kappa shape index (κ2) is 10.6. The summed E-state index contributed by atoms with van der Waals surface area (Å²) in [5.74, 6) is 0.934. The van der Waals surface area contributed by atoms with Crippen molar-refractivity contribution in [2.45, 2.75) is 44.1 Å². The number of rotatable bonds is 7. The van der Waals surface area contributed by atoms with Crippen LogP contribution in [0.3, 0.4) is 0 Å². The molecule has 10 nitrogen and oxygen atoms in total. The molecular weight excluding hydrogens is 502 g/mol. The van der Waals surface area contributed by atoms with Crippen molar-refractivity contribution in [1.29, 1.82) is 10.5 Å². The number of aryl methyl sites for hydroxylation is 1. The van der Waals surface area contributed by atoms with Gasteiger partial charge < -0.3 is 14.9 Å². The summed E-state index contributed by atoms with van der Waals surface area (Å²) in [5, 5.41) is 30.2. The van der Waals surface area contributed by atoms with E-state index in [1.54, 1.807) is 6.33 Å². The molecule has 0 bridgehead atoms. The number of carbonyl (C=O) groups is 1. The SMILES string of the molecule is Cn1cnnc1C1(c2cccc(NC(=O)c3cc(CN4CCCC(C#N)C4)c4[nH]ccc4n3)c2)CC(CC#N)C1. The number of benzene rings is 1. The number of fused-ring (bicyclic) bond motifs is 1. The Morgan fingerprint density at radius 1 is 1.25 bits per heavy atom. The molecule has 40 heavy (non-hydrogen) atoms. The highest BCUT2D eigenvalue weighted by molar-refractivity contribution is 6.04. The van der Waals surface area contributed by atoms with E-state index in [0.717, 1.165) is 66.8 Å². The van der Waals surface area contributed by atoms with Crippen LogP contribution >= 0.6 is 0 Å². The van der Waals surface area contributed by atoms with Crippen LogP contribution in [0.2, 0.25) is 0 Å². The van der Waals surface area contributed by atoms with Crippen LogP contribution in [-0.4, -0.2) is 48.6 Å². The van der Waals surface area contributed by atoms with Gasteiger partial charge in [0.05, 0.1) is 34.5 Å². The highest BCUT2D eigenvalue weighted by Crippen LogP contribution is 2.53. The van der Waals surface area contributed by atoms with Gasteiger partial charge >= 0.3 is 0 Å². The zero-order valence-electron chi connectivity index (χ0n) is 22.5. The third-order valence-corrected chi connectivity index (χ3v) is 8.38. The van der Waals surface area contributed by atoms with Crippen molar-refractivity contribution in [3.63, 3.8) is 0 Å². The lowest BCUT2D eigenvalue weighted by Crippen LogP contribution is -2.44. The summed E-state index contributed by atoms with van der Waals surface area (Å²) in [6.07, 6.45) is 7.60. The van der Waals surface area contributed by atoms with E-state index in [2.05, 4.69) is 48.6 Å². The number of hydrogen-bond acceptors (Lipinski definition) is 7. The molecule has 4 aromatic rings. The van der Waals surface area contributed by atoms with Gasteiger partial charge in [0, 0.05) is 38.4 Å². The van der Waals surface area contributed by atoms with E-state index < -0.39 is 0 Å². The number of hydrogen-bond donors (Lipinski definition) is 2. The van der Waals surface area contributed by atoms with Crippen LogP contribution < -0.4 is 5.32 Å². The lowest BCUT2D eigenvalue weighted by molar-refractivity contribution is 0.102. The first-order valence-electron chi connectivity index (χ1n) is 13.7. The van der Waals surface area contributed by atoms with E-state index in [4.69, 9.17) is 0 Å². The monoisotopic (exact) mass is 533 g/mol. The molecule has 0 radical (unpaired) electrons. The van der Waals surface area contributed by atoms with Crippen molar-refractivity contribution in [2.24, 2.45) is 18.9 Å². The third kappa shape index (κ3) is 4.72. The molecule has 1 aromatic carbocycles. The molecule has 1 aliphatic heterocycles. The number of nitriles is 2. The Kier molecular flexibility index (Phi) is 6.79. The minimum Gasteiger partial charge on any atom is -0.360 e. The van der Waals surface area contributed by atoms with Crippen molar-refractivity contribution in [1.82, 2.24) is 29.6 Å². The van der Waals surface area contributed by atoms with Gasteiger partial charge in [-0.05, 0) is 73.5 Å². The smallest absolute Gasteiger partial charge is 0.274 e. The molecular formula is C30H31N9O. The van der Waals surface area contributed by atoms with Crippen LogP contribution in [0, 0.1) is 34.5 Å². The Morgan fingerprint density at radius 2 is 2.12 bits per heavy atom. The molecule has 0 spiro atoms. The first kappa shape index (κ1) is 25.7. The van der Waals surface area contributed by atoms with Crippen LogP contribution in [0.1, 0.15) is 59.5 Å². The minimum atomic E-state index is -0.349. The average Bonchev–Trinajstić information content (AvgIpc) is 3.60. The Hall–Kier alpha value is -4.54. The molecule has 1 unspecified atom stereocenters. The highest BCUT2D eigenvalue weighted by Gasteiger charge is 2.49. The lowest BCUT2D eigenvalue weighted by atomic mass is 9.57. The molecule has 1 atom stereocenters. The number of amides is 1. The topological polar surface area (TPSA) is 139 Å². The normalized spacial score (nSPS) is 22.8. The molecule has 2 aliphatic rings. The summed E-state index contributed by atoms with van der Waals surface area (Å²) >= 11 is 0. The zero-order chi connectivity index (χ0) is 27.7. The first-order chi connectivity index (χ1) is 19.5. The van der Waals surface area contributed by atoms with Gasteiger partial charge in [-0.25, -0.2) is 4.98 Å². The Labute approximate surface area is 232 Å². The molecule has 2 N–H and O–H groups in total. The quantitative estimate of drug-likeness (QED) is 0.361. The molecule has 2 fully saturated rings. The van der Waals surface area contributed by atoms with Gasteiger partial charge in [0.2, 0.25) is 0 Å². The summed E-state index contributed by atoms with van der Waals surface area (Å²) in [5.41, 5.74) is 4.37. The van der Waals surface area contributed by atoms with E-state index in [1.807, 2.05) is 48.1 Å². The summed E-state index contributed by atoms with van der Waals surface area (Å²) < 4.78 is 1.94. The Balaban J connectivity index is 1.25. The predicted molar refractivity (Wildman–Crippen MR) is 149 cm³/mol. The van der Waals surface area contributed by atoms with Crippen LogP contribution in [-0.2, 0) is 19.0 Å². The van der Waals surface area contributed by atoms with Crippen molar-refractivity contribution in [2.75, 3.05) is 18.4 Å². The van der Waals surface area contributed by atoms with Crippen molar-refractivity contribution in [3.05, 3.63) is 71.6 Å². The molecule has 3 aromatic heterocycles. The number of likely N-dealkylation sites (tertiary alicyclic amines) is 1. The Morgan fingerprint density at radius 3 is 2.90 bits per heavy atom. The predicted octanol–water partition coefficient (Wildman–Crippen LogP) is 4.29. The first-order valence-corrected chi connectivity index (χ1v) is 13.7. The molecule has 6 rings (SSSR count). The summed E-state index contributed by atoms with van der Waals surface area (Å²) in [6, 6.07) is 16.3. The number of aromatic nitrogens is 5. The second-order valence-electron chi connectivity index (χ2n) is 11.1. The number of aromatic amines is 1. The number of anilines is 1. The van der Waals surface area contributed by atoms with E-state index in [9.17, 15) is 15.3 Å². The third-order valence-electron chi connectivity index (χ3n) is 8.38. The van der Waals surface area contributed by atoms with E-state index in [0.29, 0.717) is 30.3 Å². The number of nitrogens with zero attached hydrogens (tertiary/aromatic N) is 7. The van der Waals surface area contributed by atoms with Crippen LogP contribution in [0.5, 0.6) is 0 Å². The van der Waals surface area contributed by atoms with Gasteiger partial charge in [0.1, 0.15) is 17.8 Å². The number of pyridine rings is 1. The fraction of sp³-hybridized carbons (Fsp3) is 0.400. The van der Waals surface area contributed by atoms with E-state index >= 15 is 0 Å². The summed E-state index contributed by atoms with van der Waals surface area (Å²) in [7, 11) is 1.94. The fourth-order valence-electron chi connectivity index (χ4n) is 6.45. The highest BCUT2D eigenvalue weighted by atomic mass is 16.1. The number of piperidine rings is 1. The molecule has 1 saturated heterocycles. The van der Waals surface area contributed by atoms with Crippen LogP contribution in [0.25, 0.3) is 11.0 Å². The van der Waals surface area contributed by atoms with E-state index in [1.165, 1.54) is 0 Å². The van der Waals surface area contributed by atoms with Gasteiger partial charge in [-0.3, -0.25) is 9.69 Å². The molecule has 202 valence electrons. The zero-order valence-corrected chi connectivity index (χ0v) is 22.5. The maximum Gasteiger partial charge on any atom is 0.274 e. The van der Waals surface area contributed by atoms with Gasteiger partial charge in [-0.2, -0.15) is 10.5 Å². The van der Waals surface area contributed by atoms with Gasteiger partial charge in [-0.15, -0.1) is 10.2 Å². The van der Waals surface area contributed by atoms with Crippen LogP contribution in [0.4, 0.5) is 5.69 Å². The fourth-order valence-corrected chi connectivity index (χ4v) is 6.45. The molecule has 4 heterocycles. The lowest BCUT2D eigenvalue weighted by Gasteiger charge is -2.46. The molecule has 1 amide bonds. The largest absolute Gasteiger partial charge is 0.360 e. The Bertz CT molecular complexity index is 1630. The summed E-state index contributed by atoms with van der Waals surface area (Å²) in [4.78, 5) is 23.7. The van der Waals surface area contributed by atoms with Gasteiger partial charge in [0.25, 0.3) is 5.91 Å². The average molecular weight is 534 g/mol. The molecule has 10 heteroatoms. The number of H-pyrrole nitrogens is 1. The molecule has 1 aliphatic carbocycles. The maximum absolute atomic E-state index is 13.5. The van der Waals surface area contributed by atoms with Crippen molar-refractivity contribution in [3.8, 4) is 12.1 Å². The van der Waals surface area contributed by atoms with Gasteiger partial charge in [0.15, 0.2) is 0 Å². The second-order valence-corrected chi connectivity index (χ2v) is 11.1. The van der Waals surface area contributed by atoms with Crippen LogP contribution in [0.15, 0.2) is 48.9 Å². The minimum absolute atomic E-state index is 0.0421. The van der Waals surface area contributed by atoms with Gasteiger partial charge in [-0.1, -0.05) is 12.1 Å². The summed E-state index contributed by atoms with van der Waals surface area (Å²) in [6.45, 7) is 2.31. The number of nitrogens with one attached hydrogen (secondary N) is 2. The maximum atomic E-state index is 13.5. The molecule has 1 saturated carbocycles. The standard InChI is InChI=1S/C30H31N9O/c1-38-19-34-37-29(38)30(14-20(15-30)7-9-31)23-5-2-6-24(13-23)35-28(40)26-12-22(27-25(36-26)8-10-33-27)18-39-11-3-4-21(16-32)17-39/h2,5-6,8,10,12-13,19-21,33H,3-4,7,11,14-15,17-18H2,1H3,(H,35,40). The van der Waals surface area contributed by atoms with E-state index in [-0.39, 0.29) is 17.2 Å².